The number of urea groups is 1. The number of rotatable bonds is 5. The molecule has 3 N–H and O–H groups in total. The van der Waals surface area contributed by atoms with Crippen LogP contribution in [0, 0.1) is 18.8 Å². The summed E-state index contributed by atoms with van der Waals surface area (Å²) in [6.07, 6.45) is 6.40. The van der Waals surface area contributed by atoms with Crippen molar-refractivity contribution in [1.29, 1.82) is 0 Å². The Morgan fingerprint density at radius 2 is 2.23 bits per heavy atom. The average molecular weight is 303 g/mol. The minimum atomic E-state index is -0.197. The van der Waals surface area contributed by atoms with Crippen molar-refractivity contribution in [2.75, 3.05) is 6.61 Å². The summed E-state index contributed by atoms with van der Waals surface area (Å²) in [7, 11) is 0. The van der Waals surface area contributed by atoms with Gasteiger partial charge in [0.15, 0.2) is 0 Å². The summed E-state index contributed by atoms with van der Waals surface area (Å²) in [4.78, 5) is 16.7. The minimum Gasteiger partial charge on any atom is -0.396 e. The second kappa shape index (κ2) is 7.40. The molecule has 5 heteroatoms. The van der Waals surface area contributed by atoms with Crippen LogP contribution in [0.5, 0.6) is 0 Å². The van der Waals surface area contributed by atoms with Crippen molar-refractivity contribution < 1.29 is 9.90 Å². The SMILES string of the molecule is Cc1cccnc1C(NC(=O)N[C@@H]1C=C[C@H](CO)C1)C(C)C. The van der Waals surface area contributed by atoms with E-state index in [1.165, 1.54) is 0 Å². The van der Waals surface area contributed by atoms with Crippen LogP contribution in [0.25, 0.3) is 0 Å². The van der Waals surface area contributed by atoms with Gasteiger partial charge in [0.25, 0.3) is 0 Å². The van der Waals surface area contributed by atoms with Crippen LogP contribution < -0.4 is 10.6 Å². The molecular weight excluding hydrogens is 278 g/mol. The fourth-order valence-corrected chi connectivity index (χ4v) is 2.74. The van der Waals surface area contributed by atoms with Crippen LogP contribution in [0.1, 0.15) is 37.6 Å². The van der Waals surface area contributed by atoms with Gasteiger partial charge in [0, 0.05) is 24.8 Å². The summed E-state index contributed by atoms with van der Waals surface area (Å²) in [6, 6.07) is 3.56. The highest BCUT2D eigenvalue weighted by Gasteiger charge is 2.24. The zero-order valence-electron chi connectivity index (χ0n) is 13.4. The first-order valence-electron chi connectivity index (χ1n) is 7.79. The zero-order valence-corrected chi connectivity index (χ0v) is 13.4. The molecule has 1 heterocycles. The molecule has 2 rings (SSSR count). The van der Waals surface area contributed by atoms with Gasteiger partial charge in [0.05, 0.1) is 11.7 Å². The molecular formula is C17H25N3O2. The van der Waals surface area contributed by atoms with E-state index in [-0.39, 0.29) is 36.6 Å². The predicted octanol–water partition coefficient (Wildman–Crippen LogP) is 2.32. The van der Waals surface area contributed by atoms with Gasteiger partial charge in [-0.1, -0.05) is 32.1 Å². The van der Waals surface area contributed by atoms with Gasteiger partial charge in [-0.3, -0.25) is 4.98 Å². The van der Waals surface area contributed by atoms with E-state index in [2.05, 4.69) is 29.5 Å². The van der Waals surface area contributed by atoms with E-state index in [1.807, 2.05) is 31.2 Å². The molecule has 0 fully saturated rings. The lowest BCUT2D eigenvalue weighted by molar-refractivity contribution is 0.225. The van der Waals surface area contributed by atoms with Gasteiger partial charge in [-0.25, -0.2) is 4.79 Å². The molecule has 1 aromatic rings. The predicted molar refractivity (Wildman–Crippen MR) is 86.3 cm³/mol. The van der Waals surface area contributed by atoms with Crippen LogP contribution >= 0.6 is 0 Å². The normalized spacial score (nSPS) is 21.9. The monoisotopic (exact) mass is 303 g/mol. The van der Waals surface area contributed by atoms with Crippen LogP contribution in [0.3, 0.4) is 0 Å². The van der Waals surface area contributed by atoms with Crippen LogP contribution in [0.4, 0.5) is 4.79 Å². The van der Waals surface area contributed by atoms with Crippen molar-refractivity contribution in [3.8, 4) is 0 Å². The van der Waals surface area contributed by atoms with Gasteiger partial charge in [-0.05, 0) is 30.9 Å². The Morgan fingerprint density at radius 3 is 2.82 bits per heavy atom. The maximum absolute atomic E-state index is 12.2. The van der Waals surface area contributed by atoms with Crippen LogP contribution in [-0.4, -0.2) is 28.8 Å². The van der Waals surface area contributed by atoms with E-state index in [4.69, 9.17) is 5.11 Å². The smallest absolute Gasteiger partial charge is 0.315 e. The lowest BCUT2D eigenvalue weighted by Crippen LogP contribution is -2.44. The summed E-state index contributed by atoms with van der Waals surface area (Å²) in [6.45, 7) is 6.26. The molecule has 0 bridgehead atoms. The van der Waals surface area contributed by atoms with E-state index in [0.29, 0.717) is 0 Å². The third kappa shape index (κ3) is 4.07. The van der Waals surface area contributed by atoms with Crippen molar-refractivity contribution in [2.45, 2.75) is 39.3 Å². The molecule has 0 spiro atoms. The van der Waals surface area contributed by atoms with Crippen LogP contribution in [0.15, 0.2) is 30.5 Å². The van der Waals surface area contributed by atoms with E-state index in [0.717, 1.165) is 17.7 Å². The Labute approximate surface area is 131 Å². The largest absolute Gasteiger partial charge is 0.396 e. The molecule has 1 aliphatic carbocycles. The molecule has 0 saturated heterocycles. The van der Waals surface area contributed by atoms with Crippen molar-refractivity contribution in [2.24, 2.45) is 11.8 Å². The highest BCUT2D eigenvalue weighted by Crippen LogP contribution is 2.23. The third-order valence-corrected chi connectivity index (χ3v) is 4.02. The van der Waals surface area contributed by atoms with E-state index in [9.17, 15) is 4.79 Å². The van der Waals surface area contributed by atoms with Crippen molar-refractivity contribution in [1.82, 2.24) is 15.6 Å². The number of hydrogen-bond acceptors (Lipinski definition) is 3. The number of nitrogens with one attached hydrogen (secondary N) is 2. The number of aromatic nitrogens is 1. The summed E-state index contributed by atoms with van der Waals surface area (Å²) in [5.41, 5.74) is 1.98. The van der Waals surface area contributed by atoms with Crippen LogP contribution in [0.2, 0.25) is 0 Å². The molecule has 5 nitrogen and oxygen atoms in total. The number of aliphatic hydroxyl groups is 1. The molecule has 0 saturated carbocycles. The number of amides is 2. The summed E-state index contributed by atoms with van der Waals surface area (Å²) in [5.74, 6) is 0.382. The summed E-state index contributed by atoms with van der Waals surface area (Å²) >= 11 is 0. The van der Waals surface area contributed by atoms with Crippen molar-refractivity contribution >= 4 is 6.03 Å². The summed E-state index contributed by atoms with van der Waals surface area (Å²) in [5, 5.41) is 15.1. The first-order chi connectivity index (χ1) is 10.5. The lowest BCUT2D eigenvalue weighted by Gasteiger charge is -2.24. The first-order valence-corrected chi connectivity index (χ1v) is 7.79. The van der Waals surface area contributed by atoms with E-state index in [1.54, 1.807) is 6.20 Å². The Bertz CT molecular complexity index is 542. The number of aliphatic hydroxyl groups excluding tert-OH is 1. The molecule has 22 heavy (non-hydrogen) atoms. The van der Waals surface area contributed by atoms with Gasteiger partial charge < -0.3 is 15.7 Å². The van der Waals surface area contributed by atoms with Gasteiger partial charge in [0.2, 0.25) is 0 Å². The van der Waals surface area contributed by atoms with Gasteiger partial charge in [0.1, 0.15) is 0 Å². The molecule has 1 aliphatic rings. The molecule has 3 atom stereocenters. The highest BCUT2D eigenvalue weighted by atomic mass is 16.3. The fraction of sp³-hybridized carbons (Fsp3) is 0.529. The van der Waals surface area contributed by atoms with Gasteiger partial charge in [-0.15, -0.1) is 0 Å². The third-order valence-electron chi connectivity index (χ3n) is 4.02. The number of carbonyl (C=O) groups is 1. The Balaban J connectivity index is 1.99. The molecule has 1 aromatic heterocycles. The Hall–Kier alpha value is -1.88. The molecule has 1 unspecified atom stereocenters. The number of hydrogen-bond donors (Lipinski definition) is 3. The quantitative estimate of drug-likeness (QED) is 0.731. The molecule has 0 aromatic carbocycles. The number of nitrogens with zero attached hydrogens (tertiary/aromatic N) is 1. The topological polar surface area (TPSA) is 74.2 Å². The van der Waals surface area contributed by atoms with Crippen LogP contribution in [-0.2, 0) is 0 Å². The maximum Gasteiger partial charge on any atom is 0.315 e. The Morgan fingerprint density at radius 1 is 1.45 bits per heavy atom. The van der Waals surface area contributed by atoms with Gasteiger partial charge in [-0.2, -0.15) is 0 Å². The number of pyridine rings is 1. The minimum absolute atomic E-state index is 0.0187. The molecule has 120 valence electrons. The highest BCUT2D eigenvalue weighted by molar-refractivity contribution is 5.75. The molecule has 2 amide bonds. The average Bonchev–Trinajstić information content (AvgIpc) is 2.93. The first kappa shape index (κ1) is 16.5. The second-order valence-electron chi connectivity index (χ2n) is 6.21. The maximum atomic E-state index is 12.2. The second-order valence-corrected chi connectivity index (χ2v) is 6.21. The number of aryl methyl sites for hydroxylation is 1. The van der Waals surface area contributed by atoms with E-state index < -0.39 is 0 Å². The zero-order chi connectivity index (χ0) is 16.1. The van der Waals surface area contributed by atoms with Crippen molar-refractivity contribution in [3.05, 3.63) is 41.7 Å². The number of carbonyl (C=O) groups excluding carboxylic acids is 1. The summed E-state index contributed by atoms with van der Waals surface area (Å²) < 4.78 is 0. The van der Waals surface area contributed by atoms with E-state index >= 15 is 0 Å². The Kier molecular flexibility index (Phi) is 5.55. The lowest BCUT2D eigenvalue weighted by atomic mass is 9.97. The fourth-order valence-electron chi connectivity index (χ4n) is 2.74. The molecule has 0 aliphatic heterocycles. The standard InChI is InChI=1S/C17H25N3O2/c1-11(2)15(16-12(3)5-4-8-18-16)20-17(22)19-14-7-6-13(9-14)10-21/h4-8,11,13-15,21H,9-10H2,1-3H3,(H2,19,20,22)/t13-,14+,15?/m0/s1. The molecule has 0 radical (unpaired) electrons. The van der Waals surface area contributed by atoms with Crippen molar-refractivity contribution in [3.63, 3.8) is 0 Å². The van der Waals surface area contributed by atoms with Gasteiger partial charge >= 0.3 is 6.03 Å².